The number of esters is 1. The van der Waals surface area contributed by atoms with Crippen molar-refractivity contribution in [3.05, 3.63) is 64.8 Å². The molecule has 0 N–H and O–H groups in total. The van der Waals surface area contributed by atoms with Gasteiger partial charge in [-0.25, -0.2) is 17.5 Å². The maximum absolute atomic E-state index is 14.6. The number of rotatable bonds is 13. The van der Waals surface area contributed by atoms with Crippen LogP contribution in [0, 0.1) is 13.8 Å². The number of anilines is 1. The number of sulfonamides is 1. The van der Waals surface area contributed by atoms with Crippen molar-refractivity contribution >= 4 is 30.0 Å². The molecule has 0 bridgehead atoms. The van der Waals surface area contributed by atoms with Crippen molar-refractivity contribution in [1.82, 2.24) is 5.16 Å². The van der Waals surface area contributed by atoms with Gasteiger partial charge in [0.15, 0.2) is 6.29 Å². The third-order valence-electron chi connectivity index (χ3n) is 8.11. The number of carbonyl (C=O) groups excluding carboxylic acids is 1. The van der Waals surface area contributed by atoms with E-state index in [9.17, 15) is 13.2 Å². The van der Waals surface area contributed by atoms with Gasteiger partial charge in [0.2, 0.25) is 5.88 Å². The lowest BCUT2D eigenvalue weighted by Gasteiger charge is -2.29. The van der Waals surface area contributed by atoms with Gasteiger partial charge in [0, 0.05) is 23.5 Å². The highest BCUT2D eigenvalue weighted by atomic mass is 32.2. The molecule has 0 aliphatic carbocycles. The van der Waals surface area contributed by atoms with Gasteiger partial charge < -0.3 is 23.5 Å². The lowest BCUT2D eigenvalue weighted by molar-refractivity contribution is -0.161. The van der Waals surface area contributed by atoms with Gasteiger partial charge in [-0.2, -0.15) is 0 Å². The fourth-order valence-corrected chi connectivity index (χ4v) is 6.89. The van der Waals surface area contributed by atoms with E-state index < -0.39 is 24.1 Å². The number of hydrogen-bond acceptors (Lipinski definition) is 9. The van der Waals surface area contributed by atoms with Crippen LogP contribution in [0.15, 0.2) is 51.9 Å². The molecule has 1 fully saturated rings. The Kier molecular flexibility index (Phi) is 11.1. The van der Waals surface area contributed by atoms with Gasteiger partial charge in [-0.3, -0.25) is 0 Å². The quantitative estimate of drug-likeness (QED) is 0.121. The van der Waals surface area contributed by atoms with Gasteiger partial charge in [-0.1, -0.05) is 49.1 Å². The molecule has 2 heterocycles. The minimum Gasteiger partial charge on any atom is -0.465 e. The van der Waals surface area contributed by atoms with Crippen LogP contribution in [0.5, 0.6) is 0 Å². The molecule has 2 atom stereocenters. The van der Waals surface area contributed by atoms with Gasteiger partial charge in [-0.15, -0.1) is 0 Å². The van der Waals surface area contributed by atoms with Crippen molar-refractivity contribution in [2.45, 2.75) is 83.0 Å². The Morgan fingerprint density at radius 1 is 1.11 bits per heavy atom. The van der Waals surface area contributed by atoms with E-state index in [1.807, 2.05) is 6.92 Å². The van der Waals surface area contributed by atoms with Crippen molar-refractivity contribution in [3.63, 3.8) is 0 Å². The van der Waals surface area contributed by atoms with Crippen molar-refractivity contribution in [3.8, 4) is 11.1 Å². The second-order valence-electron chi connectivity index (χ2n) is 12.1. The summed E-state index contributed by atoms with van der Waals surface area (Å²) in [6, 6.07) is 11.9. The van der Waals surface area contributed by atoms with Crippen LogP contribution in [0.25, 0.3) is 11.1 Å². The van der Waals surface area contributed by atoms with Crippen molar-refractivity contribution < 1.29 is 36.7 Å². The normalized spacial score (nSPS) is 16.5. The smallest absolute Gasteiger partial charge is 0.337 e. The first-order chi connectivity index (χ1) is 20.8. The summed E-state index contributed by atoms with van der Waals surface area (Å²) < 4.78 is 58.7. The van der Waals surface area contributed by atoms with E-state index in [2.05, 4.69) is 24.8 Å². The largest absolute Gasteiger partial charge is 0.465 e. The summed E-state index contributed by atoms with van der Waals surface area (Å²) in [4.78, 5) is 12.5. The predicted octanol–water partition coefficient (Wildman–Crippen LogP) is 6.27. The molecule has 2 aromatic carbocycles. The molecule has 0 saturated carbocycles. The van der Waals surface area contributed by atoms with E-state index in [4.69, 9.17) is 23.5 Å². The topological polar surface area (TPSA) is 117 Å². The number of ether oxygens (including phenoxy) is 4. The van der Waals surface area contributed by atoms with Crippen molar-refractivity contribution in [2.75, 3.05) is 31.4 Å². The van der Waals surface area contributed by atoms with Crippen LogP contribution in [0.2, 0.25) is 19.6 Å². The summed E-state index contributed by atoms with van der Waals surface area (Å²) in [5, 5.41) is 4.03. The fraction of sp³-hybridized carbons (Fsp3) is 0.500. The molecule has 1 aliphatic rings. The first kappa shape index (κ1) is 33.9. The minimum absolute atomic E-state index is 0.0707. The molecule has 1 aromatic heterocycles. The number of nitrogens with zero attached hydrogens (tertiary/aromatic N) is 2. The Bertz CT molecular complexity index is 1540. The Hall–Kier alpha value is -3.03. The summed E-state index contributed by atoms with van der Waals surface area (Å²) in [7, 11) is -4.63. The maximum Gasteiger partial charge on any atom is 0.337 e. The van der Waals surface area contributed by atoms with Crippen LogP contribution in [0.4, 0.5) is 5.88 Å². The first-order valence-electron chi connectivity index (χ1n) is 15.0. The van der Waals surface area contributed by atoms with E-state index >= 15 is 0 Å². The SMILES string of the molecule is COC(=O)c1ccc(-c2ccccc2S(=O)(=O)N(COC(C)[Si](C)(C)C)c2onc(C)c2C)c(CCOC2CCCCO2)c1. The van der Waals surface area contributed by atoms with Gasteiger partial charge >= 0.3 is 5.97 Å². The van der Waals surface area contributed by atoms with E-state index in [1.165, 1.54) is 7.11 Å². The van der Waals surface area contributed by atoms with Gasteiger partial charge in [0.1, 0.15) is 6.73 Å². The minimum atomic E-state index is -4.22. The highest BCUT2D eigenvalue weighted by Crippen LogP contribution is 2.36. The van der Waals surface area contributed by atoms with E-state index in [0.717, 1.165) is 29.1 Å². The number of aromatic nitrogens is 1. The number of benzene rings is 2. The second-order valence-corrected chi connectivity index (χ2v) is 19.5. The van der Waals surface area contributed by atoms with Crippen LogP contribution in [0.3, 0.4) is 0 Å². The predicted molar refractivity (Wildman–Crippen MR) is 171 cm³/mol. The zero-order chi connectivity index (χ0) is 32.1. The average Bonchev–Trinajstić information content (AvgIpc) is 3.33. The molecular formula is C32H44N2O8SSi. The lowest BCUT2D eigenvalue weighted by Crippen LogP contribution is -2.42. The Balaban J connectivity index is 1.76. The average molecular weight is 645 g/mol. The Morgan fingerprint density at radius 3 is 2.50 bits per heavy atom. The summed E-state index contributed by atoms with van der Waals surface area (Å²) >= 11 is 0. The third kappa shape index (κ3) is 7.78. The lowest BCUT2D eigenvalue weighted by atomic mass is 9.95. The van der Waals surface area contributed by atoms with E-state index in [1.54, 1.807) is 56.3 Å². The molecule has 12 heteroatoms. The highest BCUT2D eigenvalue weighted by Gasteiger charge is 2.34. The maximum atomic E-state index is 14.6. The molecule has 240 valence electrons. The summed E-state index contributed by atoms with van der Waals surface area (Å²) in [6.45, 7) is 12.8. The molecule has 3 aromatic rings. The van der Waals surface area contributed by atoms with Crippen LogP contribution in [-0.4, -0.2) is 66.7 Å². The molecule has 1 saturated heterocycles. The third-order valence-corrected chi connectivity index (χ3v) is 12.5. The van der Waals surface area contributed by atoms with Crippen LogP contribution in [0.1, 0.15) is 53.4 Å². The van der Waals surface area contributed by atoms with Gasteiger partial charge in [-0.05, 0) is 75.8 Å². The van der Waals surface area contributed by atoms with Crippen LogP contribution in [-0.2, 0) is 35.4 Å². The van der Waals surface area contributed by atoms with E-state index in [0.29, 0.717) is 47.6 Å². The molecular weight excluding hydrogens is 601 g/mol. The second kappa shape index (κ2) is 14.4. The summed E-state index contributed by atoms with van der Waals surface area (Å²) in [6.07, 6.45) is 3.03. The standard InChI is InChI=1S/C32H44N2O8SSi/c1-22-23(2)33-42-31(22)34(21-41-24(3)44(5,6)7)43(36,37)29-13-9-8-12-28(29)27-16-15-26(32(35)38-4)20-25(27)17-19-40-30-14-10-11-18-39-30/h8-9,12-13,15-16,20,24,30H,10-11,14,17-19,21H2,1-7H3. The Labute approximate surface area is 261 Å². The highest BCUT2D eigenvalue weighted by molar-refractivity contribution is 7.93. The molecule has 2 unspecified atom stereocenters. The molecule has 1 aliphatic heterocycles. The fourth-order valence-electron chi connectivity index (χ4n) is 4.79. The summed E-state index contributed by atoms with van der Waals surface area (Å²) in [5.74, 6) is -0.367. The van der Waals surface area contributed by atoms with Gasteiger partial charge in [0.25, 0.3) is 10.0 Å². The zero-order valence-corrected chi connectivity index (χ0v) is 28.5. The molecule has 0 radical (unpaired) electrons. The van der Waals surface area contributed by atoms with E-state index in [-0.39, 0.29) is 29.5 Å². The number of aryl methyl sites for hydroxylation is 1. The van der Waals surface area contributed by atoms with Crippen molar-refractivity contribution in [1.29, 1.82) is 0 Å². The molecule has 0 amide bonds. The molecule has 44 heavy (non-hydrogen) atoms. The number of hydrogen-bond donors (Lipinski definition) is 0. The monoisotopic (exact) mass is 644 g/mol. The molecule has 4 rings (SSSR count). The first-order valence-corrected chi connectivity index (χ1v) is 20.0. The van der Waals surface area contributed by atoms with Crippen LogP contribution >= 0.6 is 0 Å². The summed E-state index contributed by atoms with van der Waals surface area (Å²) in [5.41, 5.74) is 3.33. The van der Waals surface area contributed by atoms with Crippen LogP contribution < -0.4 is 4.31 Å². The number of methoxy groups -OCH3 is 1. The molecule has 10 nitrogen and oxygen atoms in total. The Morgan fingerprint density at radius 2 is 1.86 bits per heavy atom. The van der Waals surface area contributed by atoms with Gasteiger partial charge in [0.05, 0.1) is 37.9 Å². The molecule has 0 spiro atoms. The zero-order valence-electron chi connectivity index (χ0n) is 26.7. The number of carbonyl (C=O) groups is 1. The van der Waals surface area contributed by atoms with Crippen molar-refractivity contribution in [2.24, 2.45) is 0 Å².